The van der Waals surface area contributed by atoms with Crippen LogP contribution in [0.1, 0.15) is 13.3 Å². The Balaban J connectivity index is 0. The second kappa shape index (κ2) is 6.61. The zero-order valence-corrected chi connectivity index (χ0v) is 10.4. The molecule has 1 unspecified atom stereocenters. The molecule has 0 saturated carbocycles. The molecule has 0 aromatic carbocycles. The van der Waals surface area contributed by atoms with Crippen molar-refractivity contribution in [3.05, 3.63) is 0 Å². The minimum atomic E-state index is -3.57. The fourth-order valence-corrected chi connectivity index (χ4v) is 1.69. The predicted molar refractivity (Wildman–Crippen MR) is 37.5 cm³/mol. The van der Waals surface area contributed by atoms with E-state index in [4.69, 9.17) is 0 Å². The monoisotopic (exact) mass is 189 g/mol. The summed E-state index contributed by atoms with van der Waals surface area (Å²) < 4.78 is 15.3. The Morgan fingerprint density at radius 3 is 2.27 bits per heavy atom. The van der Waals surface area contributed by atoms with Gasteiger partial charge in [0.2, 0.25) is 0 Å². The SMILES string of the molecule is CCCP(=O)([O-])ON(C)C.[Na+]. The maximum atomic E-state index is 10.8. The Hall–Kier alpha value is 1.11. The van der Waals surface area contributed by atoms with Crippen LogP contribution in [0.3, 0.4) is 0 Å². The van der Waals surface area contributed by atoms with Crippen molar-refractivity contribution in [2.75, 3.05) is 20.3 Å². The first kappa shape index (κ1) is 14.6. The number of hydrogen-bond acceptors (Lipinski definition) is 4. The molecule has 0 radical (unpaired) electrons. The molecule has 4 nitrogen and oxygen atoms in total. The molecule has 0 aromatic rings. The van der Waals surface area contributed by atoms with Gasteiger partial charge < -0.3 is 9.46 Å². The smallest absolute Gasteiger partial charge is 0.777 e. The van der Waals surface area contributed by atoms with Crippen molar-refractivity contribution in [3.8, 4) is 0 Å². The Morgan fingerprint density at radius 2 is 2.00 bits per heavy atom. The molecule has 0 spiro atoms. The van der Waals surface area contributed by atoms with Crippen molar-refractivity contribution in [2.45, 2.75) is 13.3 Å². The Kier molecular flexibility index (Phi) is 8.78. The van der Waals surface area contributed by atoms with E-state index in [1.165, 1.54) is 5.06 Å². The topological polar surface area (TPSA) is 52.6 Å². The maximum absolute atomic E-state index is 10.8. The van der Waals surface area contributed by atoms with Gasteiger partial charge in [-0.3, -0.25) is 4.62 Å². The Labute approximate surface area is 89.7 Å². The van der Waals surface area contributed by atoms with Gasteiger partial charge in [-0.25, -0.2) is 0 Å². The van der Waals surface area contributed by atoms with E-state index in [1.54, 1.807) is 21.0 Å². The molecular weight excluding hydrogens is 176 g/mol. The maximum Gasteiger partial charge on any atom is 1.00 e. The standard InChI is InChI=1S/C5H14NO3P.Na/c1-4-5-10(7,8)9-6(2)3;/h4-5H2,1-3H3,(H,7,8);/q;+1/p-1. The molecule has 0 N–H and O–H groups in total. The molecule has 62 valence electrons. The van der Waals surface area contributed by atoms with Crippen molar-refractivity contribution < 1.29 is 43.6 Å². The molecule has 11 heavy (non-hydrogen) atoms. The number of nitrogens with zero attached hydrogens (tertiary/aromatic N) is 1. The molecule has 0 rings (SSSR count). The van der Waals surface area contributed by atoms with Gasteiger partial charge in [0.1, 0.15) is 0 Å². The van der Waals surface area contributed by atoms with E-state index < -0.39 is 7.60 Å². The van der Waals surface area contributed by atoms with Crippen LogP contribution >= 0.6 is 7.60 Å². The second-order valence-corrected chi connectivity index (χ2v) is 4.06. The summed E-state index contributed by atoms with van der Waals surface area (Å²) in [6.45, 7) is 1.80. The zero-order valence-electron chi connectivity index (χ0n) is 7.53. The fraction of sp³-hybridized carbons (Fsp3) is 1.00. The third-order valence-electron chi connectivity index (χ3n) is 0.785. The van der Waals surface area contributed by atoms with Gasteiger partial charge in [0, 0.05) is 20.3 Å². The zero-order chi connectivity index (χ0) is 8.20. The number of rotatable bonds is 4. The molecule has 0 aliphatic heterocycles. The van der Waals surface area contributed by atoms with Crippen molar-refractivity contribution >= 4 is 7.60 Å². The van der Waals surface area contributed by atoms with E-state index in [0.717, 1.165) is 0 Å². The average Bonchev–Trinajstić information content (AvgIpc) is 1.59. The minimum absolute atomic E-state index is 0. The van der Waals surface area contributed by atoms with E-state index in [0.29, 0.717) is 6.42 Å². The van der Waals surface area contributed by atoms with Crippen molar-refractivity contribution in [1.29, 1.82) is 0 Å². The molecule has 1 atom stereocenters. The van der Waals surface area contributed by atoms with Gasteiger partial charge in [-0.1, -0.05) is 6.92 Å². The third-order valence-corrected chi connectivity index (χ3v) is 2.36. The van der Waals surface area contributed by atoms with E-state index in [-0.39, 0.29) is 35.7 Å². The predicted octanol–water partition coefficient (Wildman–Crippen LogP) is -2.55. The molecule has 0 heterocycles. The molecule has 6 heteroatoms. The summed E-state index contributed by atoms with van der Waals surface area (Å²) in [6.07, 6.45) is 0.694. The van der Waals surface area contributed by atoms with Crippen LogP contribution in [0.5, 0.6) is 0 Å². The summed E-state index contributed by atoms with van der Waals surface area (Å²) in [4.78, 5) is 10.8. The molecule has 0 aliphatic carbocycles. The molecule has 0 aromatic heterocycles. The summed E-state index contributed by atoms with van der Waals surface area (Å²) in [5.41, 5.74) is 0. The van der Waals surface area contributed by atoms with Gasteiger partial charge in [0.05, 0.1) is 0 Å². The molecule has 0 saturated heterocycles. The number of hydrogen-bond donors (Lipinski definition) is 0. The van der Waals surface area contributed by atoms with Crippen LogP contribution in [-0.4, -0.2) is 25.3 Å². The first-order chi connectivity index (χ1) is 4.48. The van der Waals surface area contributed by atoms with Crippen molar-refractivity contribution in [3.63, 3.8) is 0 Å². The van der Waals surface area contributed by atoms with Gasteiger partial charge >= 0.3 is 29.6 Å². The first-order valence-corrected chi connectivity index (χ1v) is 4.88. The molecule has 0 fully saturated rings. The van der Waals surface area contributed by atoms with Crippen LogP contribution < -0.4 is 34.5 Å². The summed E-state index contributed by atoms with van der Waals surface area (Å²) >= 11 is 0. The average molecular weight is 189 g/mol. The quantitative estimate of drug-likeness (QED) is 0.277. The molecule has 0 bridgehead atoms. The fourth-order valence-electron chi connectivity index (χ4n) is 0.563. The molecule has 0 aliphatic rings. The summed E-state index contributed by atoms with van der Waals surface area (Å²) in [6, 6.07) is 0. The summed E-state index contributed by atoms with van der Waals surface area (Å²) in [5.74, 6) is 0. The number of hydroxylamine groups is 2. The third kappa shape index (κ3) is 9.02. The van der Waals surface area contributed by atoms with Gasteiger partial charge in [-0.15, -0.1) is 0 Å². The molecule has 0 amide bonds. The van der Waals surface area contributed by atoms with Gasteiger partial charge in [0.25, 0.3) is 0 Å². The summed E-state index contributed by atoms with van der Waals surface area (Å²) in [5, 5.41) is 1.18. The minimum Gasteiger partial charge on any atom is -0.777 e. The van der Waals surface area contributed by atoms with Gasteiger partial charge in [-0.05, 0) is 6.42 Å². The van der Waals surface area contributed by atoms with E-state index >= 15 is 0 Å². The second-order valence-electron chi connectivity index (χ2n) is 2.23. The normalized spacial score (nSPS) is 15.7. The van der Waals surface area contributed by atoms with Crippen LogP contribution in [0.4, 0.5) is 0 Å². The largest absolute Gasteiger partial charge is 1.00 e. The van der Waals surface area contributed by atoms with Gasteiger partial charge in [-0.2, -0.15) is 5.06 Å². The molecular formula is C5H13NNaO3P. The van der Waals surface area contributed by atoms with Crippen LogP contribution in [0.2, 0.25) is 0 Å². The van der Waals surface area contributed by atoms with Crippen LogP contribution in [0.25, 0.3) is 0 Å². The van der Waals surface area contributed by atoms with E-state index in [2.05, 4.69) is 4.62 Å². The van der Waals surface area contributed by atoms with Crippen molar-refractivity contribution in [1.82, 2.24) is 5.06 Å². The Bertz CT molecular complexity index is 142. The van der Waals surface area contributed by atoms with Crippen LogP contribution in [-0.2, 0) is 9.19 Å². The summed E-state index contributed by atoms with van der Waals surface area (Å²) in [7, 11) is -0.489. The van der Waals surface area contributed by atoms with Crippen LogP contribution in [0.15, 0.2) is 0 Å². The van der Waals surface area contributed by atoms with E-state index in [1.807, 2.05) is 0 Å². The van der Waals surface area contributed by atoms with E-state index in [9.17, 15) is 9.46 Å². The van der Waals surface area contributed by atoms with Gasteiger partial charge in [0.15, 0.2) is 7.60 Å². The van der Waals surface area contributed by atoms with Crippen LogP contribution in [0, 0.1) is 0 Å². The Morgan fingerprint density at radius 1 is 1.55 bits per heavy atom. The first-order valence-electron chi connectivity index (χ1n) is 3.15. The van der Waals surface area contributed by atoms with Crippen molar-refractivity contribution in [2.24, 2.45) is 0 Å².